The molecule has 2 rings (SSSR count). The molecule has 1 aliphatic heterocycles. The van der Waals surface area contributed by atoms with Crippen molar-refractivity contribution < 1.29 is 17.9 Å². The maximum atomic E-state index is 12.5. The monoisotopic (exact) mass is 314 g/mol. The molecule has 21 heavy (non-hydrogen) atoms. The van der Waals surface area contributed by atoms with E-state index in [1.54, 1.807) is 23.1 Å². The third-order valence-electron chi connectivity index (χ3n) is 3.34. The molecule has 0 atom stereocenters. The van der Waals surface area contributed by atoms with Crippen molar-refractivity contribution in [2.24, 2.45) is 5.14 Å². The molecule has 1 aromatic carbocycles. The molecule has 0 bridgehead atoms. The number of methoxy groups -OCH3 is 1. The van der Waals surface area contributed by atoms with Gasteiger partial charge in [-0.25, -0.2) is 5.14 Å². The Bertz CT molecular complexity index is 639. The maximum Gasteiger partial charge on any atom is 0.277 e. The minimum atomic E-state index is -3.70. The summed E-state index contributed by atoms with van der Waals surface area (Å²) in [6.07, 6.45) is 0. The molecule has 0 aromatic heterocycles. The van der Waals surface area contributed by atoms with Crippen molar-refractivity contribution in [1.29, 1.82) is 0 Å². The van der Waals surface area contributed by atoms with Gasteiger partial charge in [-0.05, 0) is 12.1 Å². The molecular formula is C12H18N4O4S. The molecule has 0 spiro atoms. The third-order valence-corrected chi connectivity index (χ3v) is 4.43. The van der Waals surface area contributed by atoms with Gasteiger partial charge in [-0.3, -0.25) is 4.79 Å². The Hall–Kier alpha value is -1.84. The van der Waals surface area contributed by atoms with Crippen LogP contribution in [0.15, 0.2) is 18.2 Å². The predicted octanol–water partition coefficient (Wildman–Crippen LogP) is -0.761. The summed E-state index contributed by atoms with van der Waals surface area (Å²) in [6, 6.07) is 4.80. The van der Waals surface area contributed by atoms with Crippen LogP contribution in [0.1, 0.15) is 10.4 Å². The van der Waals surface area contributed by atoms with Gasteiger partial charge in [0.1, 0.15) is 5.75 Å². The summed E-state index contributed by atoms with van der Waals surface area (Å²) in [4.78, 5) is 14.0. The lowest BCUT2D eigenvalue weighted by molar-refractivity contribution is 0.0694. The third kappa shape index (κ3) is 3.43. The molecular weight excluding hydrogens is 296 g/mol. The summed E-state index contributed by atoms with van der Waals surface area (Å²) < 4.78 is 28.8. The summed E-state index contributed by atoms with van der Waals surface area (Å²) in [7, 11) is -2.24. The predicted molar refractivity (Wildman–Crippen MR) is 78.0 cm³/mol. The van der Waals surface area contributed by atoms with E-state index in [1.165, 1.54) is 7.11 Å². The lowest BCUT2D eigenvalue weighted by Gasteiger charge is -2.33. The van der Waals surface area contributed by atoms with Gasteiger partial charge >= 0.3 is 0 Å². The van der Waals surface area contributed by atoms with Crippen LogP contribution in [0.25, 0.3) is 0 Å². The maximum absolute atomic E-state index is 12.5. The van der Waals surface area contributed by atoms with Crippen molar-refractivity contribution >= 4 is 21.8 Å². The van der Waals surface area contributed by atoms with Gasteiger partial charge in [0.2, 0.25) is 0 Å². The smallest absolute Gasteiger partial charge is 0.277 e. The molecule has 4 N–H and O–H groups in total. The Morgan fingerprint density at radius 2 is 1.86 bits per heavy atom. The summed E-state index contributed by atoms with van der Waals surface area (Å²) in [5.41, 5.74) is 6.56. The van der Waals surface area contributed by atoms with Crippen LogP contribution < -0.4 is 15.6 Å². The molecule has 0 saturated carbocycles. The topological polar surface area (TPSA) is 119 Å². The van der Waals surface area contributed by atoms with E-state index in [9.17, 15) is 13.2 Å². The van der Waals surface area contributed by atoms with Crippen LogP contribution in [0.4, 0.5) is 5.69 Å². The standard InChI is InChI=1S/C12H18N4O4S/c1-20-11-8-9(13)2-3-10(11)12(17)15-4-6-16(7-5-15)21(14,18)19/h2-3,8H,4-7,13H2,1H3,(H2,14,18,19). The first kappa shape index (κ1) is 15.5. The molecule has 1 heterocycles. The second kappa shape index (κ2) is 5.88. The van der Waals surface area contributed by atoms with E-state index in [0.717, 1.165) is 4.31 Å². The molecule has 8 nitrogen and oxygen atoms in total. The lowest BCUT2D eigenvalue weighted by Crippen LogP contribution is -2.52. The number of ether oxygens (including phenoxy) is 1. The number of hydrogen-bond donors (Lipinski definition) is 2. The first-order chi connectivity index (χ1) is 9.82. The zero-order valence-electron chi connectivity index (χ0n) is 11.7. The molecule has 1 fully saturated rings. The van der Waals surface area contributed by atoms with Gasteiger partial charge in [-0.2, -0.15) is 12.7 Å². The highest BCUT2D eigenvalue weighted by Crippen LogP contribution is 2.23. The molecule has 1 aliphatic rings. The largest absolute Gasteiger partial charge is 0.496 e. The summed E-state index contributed by atoms with van der Waals surface area (Å²) >= 11 is 0. The average Bonchev–Trinajstić information content (AvgIpc) is 2.45. The average molecular weight is 314 g/mol. The van der Waals surface area contributed by atoms with Crippen molar-refractivity contribution in [1.82, 2.24) is 9.21 Å². The Labute approximate surface area is 123 Å². The zero-order valence-corrected chi connectivity index (χ0v) is 12.5. The summed E-state index contributed by atoms with van der Waals surface area (Å²) in [5.74, 6) is 0.176. The molecule has 0 unspecified atom stereocenters. The normalized spacial score (nSPS) is 16.8. The SMILES string of the molecule is COc1cc(N)ccc1C(=O)N1CCN(S(N)(=O)=O)CC1. The van der Waals surface area contributed by atoms with Crippen LogP contribution in [0.5, 0.6) is 5.75 Å². The summed E-state index contributed by atoms with van der Waals surface area (Å²) in [6.45, 7) is 0.926. The quantitative estimate of drug-likeness (QED) is 0.711. The van der Waals surface area contributed by atoms with E-state index in [-0.39, 0.29) is 32.1 Å². The number of nitrogens with two attached hydrogens (primary N) is 2. The van der Waals surface area contributed by atoms with E-state index in [1.807, 2.05) is 0 Å². The molecule has 0 radical (unpaired) electrons. The zero-order chi connectivity index (χ0) is 15.6. The summed E-state index contributed by atoms with van der Waals surface area (Å²) in [5, 5.41) is 5.07. The van der Waals surface area contributed by atoms with Crippen molar-refractivity contribution in [3.05, 3.63) is 23.8 Å². The fourth-order valence-corrected chi connectivity index (χ4v) is 2.87. The molecule has 9 heteroatoms. The van der Waals surface area contributed by atoms with Crippen LogP contribution in [-0.2, 0) is 10.2 Å². The fraction of sp³-hybridized carbons (Fsp3) is 0.417. The Kier molecular flexibility index (Phi) is 4.35. The first-order valence-corrected chi connectivity index (χ1v) is 7.84. The Balaban J connectivity index is 2.12. The number of carbonyl (C=O) groups excluding carboxylic acids is 1. The van der Waals surface area contributed by atoms with Gasteiger partial charge in [-0.15, -0.1) is 0 Å². The number of nitrogens with zero attached hydrogens (tertiary/aromatic N) is 2. The number of amides is 1. The van der Waals surface area contributed by atoms with E-state index in [2.05, 4.69) is 0 Å². The van der Waals surface area contributed by atoms with Gasteiger partial charge in [0.25, 0.3) is 16.1 Å². The van der Waals surface area contributed by atoms with E-state index in [4.69, 9.17) is 15.6 Å². The van der Waals surface area contributed by atoms with Crippen LogP contribution in [0.3, 0.4) is 0 Å². The second-order valence-corrected chi connectivity index (χ2v) is 6.24. The molecule has 0 aliphatic carbocycles. The molecule has 1 amide bonds. The lowest BCUT2D eigenvalue weighted by atomic mass is 10.1. The number of benzene rings is 1. The number of carbonyl (C=O) groups is 1. The van der Waals surface area contributed by atoms with E-state index < -0.39 is 10.2 Å². The van der Waals surface area contributed by atoms with Gasteiger partial charge in [-0.1, -0.05) is 0 Å². The van der Waals surface area contributed by atoms with Crippen LogP contribution >= 0.6 is 0 Å². The van der Waals surface area contributed by atoms with E-state index in [0.29, 0.717) is 17.0 Å². The fourth-order valence-electron chi connectivity index (χ4n) is 2.20. The van der Waals surface area contributed by atoms with Crippen molar-refractivity contribution in [2.45, 2.75) is 0 Å². The minimum Gasteiger partial charge on any atom is -0.496 e. The van der Waals surface area contributed by atoms with Gasteiger partial charge in [0.15, 0.2) is 0 Å². The highest BCUT2D eigenvalue weighted by atomic mass is 32.2. The van der Waals surface area contributed by atoms with Crippen molar-refractivity contribution in [3.63, 3.8) is 0 Å². The first-order valence-electron chi connectivity index (χ1n) is 6.33. The molecule has 1 aromatic rings. The number of piperazine rings is 1. The second-order valence-electron chi connectivity index (χ2n) is 4.70. The number of anilines is 1. The Morgan fingerprint density at radius 1 is 1.24 bits per heavy atom. The Morgan fingerprint density at radius 3 is 2.38 bits per heavy atom. The van der Waals surface area contributed by atoms with Crippen LogP contribution in [0, 0.1) is 0 Å². The highest BCUT2D eigenvalue weighted by molar-refractivity contribution is 7.86. The van der Waals surface area contributed by atoms with Crippen LogP contribution in [-0.4, -0.2) is 56.8 Å². The van der Waals surface area contributed by atoms with E-state index >= 15 is 0 Å². The molecule has 116 valence electrons. The van der Waals surface area contributed by atoms with Crippen molar-refractivity contribution in [3.8, 4) is 5.75 Å². The van der Waals surface area contributed by atoms with Gasteiger partial charge in [0, 0.05) is 37.9 Å². The van der Waals surface area contributed by atoms with Crippen molar-refractivity contribution in [2.75, 3.05) is 39.0 Å². The highest BCUT2D eigenvalue weighted by Gasteiger charge is 2.28. The van der Waals surface area contributed by atoms with Gasteiger partial charge in [0.05, 0.1) is 12.7 Å². The number of hydrogen-bond acceptors (Lipinski definition) is 5. The van der Waals surface area contributed by atoms with Gasteiger partial charge < -0.3 is 15.4 Å². The van der Waals surface area contributed by atoms with Crippen LogP contribution in [0.2, 0.25) is 0 Å². The number of nitrogen functional groups attached to an aromatic ring is 1. The number of rotatable bonds is 3. The molecule has 1 saturated heterocycles. The minimum absolute atomic E-state index is 0.182.